The highest BCUT2D eigenvalue weighted by Gasteiger charge is 2.20. The minimum atomic E-state index is 0.907. The van der Waals surface area contributed by atoms with Crippen LogP contribution in [0, 0.1) is 0 Å². The van der Waals surface area contributed by atoms with Crippen LogP contribution in [0.1, 0.15) is 0 Å². The third kappa shape index (κ3) is 4.28. The monoisotopic (exact) mass is 646 g/mol. The first kappa shape index (κ1) is 28.2. The second-order valence-electron chi connectivity index (χ2n) is 13.6. The van der Waals surface area contributed by atoms with Crippen LogP contribution in [0.5, 0.6) is 0 Å². The van der Waals surface area contributed by atoms with Crippen LogP contribution in [0.3, 0.4) is 0 Å². The van der Waals surface area contributed by atoms with E-state index in [0.29, 0.717) is 0 Å². The molecule has 0 radical (unpaired) electrons. The normalized spacial score (nSPS) is 11.9. The average Bonchev–Trinajstić information content (AvgIpc) is 3.57. The predicted molar refractivity (Wildman–Crippen MR) is 218 cm³/mol. The fraction of sp³-hybridized carbons (Fsp3) is 0. The second-order valence-corrected chi connectivity index (χ2v) is 13.6. The van der Waals surface area contributed by atoms with Gasteiger partial charge in [-0.25, -0.2) is 0 Å². The van der Waals surface area contributed by atoms with Crippen molar-refractivity contribution in [3.63, 3.8) is 0 Å². The average molecular weight is 647 g/mol. The van der Waals surface area contributed by atoms with E-state index in [0.717, 1.165) is 21.9 Å². The van der Waals surface area contributed by atoms with Crippen LogP contribution in [0.25, 0.3) is 109 Å². The van der Waals surface area contributed by atoms with Gasteiger partial charge in [0.15, 0.2) is 0 Å². The third-order valence-electron chi connectivity index (χ3n) is 10.8. The Kier molecular flexibility index (Phi) is 6.02. The summed E-state index contributed by atoms with van der Waals surface area (Å²) in [6, 6.07) is 66.6. The lowest BCUT2D eigenvalue weighted by Crippen LogP contribution is -1.93. The molecule has 1 heteroatoms. The molecule has 51 heavy (non-hydrogen) atoms. The van der Waals surface area contributed by atoms with E-state index in [-0.39, 0.29) is 0 Å². The molecule has 11 aromatic rings. The molecule has 0 saturated heterocycles. The van der Waals surface area contributed by atoms with Crippen LogP contribution in [0.15, 0.2) is 186 Å². The summed E-state index contributed by atoms with van der Waals surface area (Å²) in [6.07, 6.45) is 0. The van der Waals surface area contributed by atoms with Gasteiger partial charge < -0.3 is 4.42 Å². The summed E-state index contributed by atoms with van der Waals surface area (Å²) in [5.74, 6) is 0. The molecule has 0 aliphatic heterocycles. The van der Waals surface area contributed by atoms with E-state index in [9.17, 15) is 0 Å². The molecule has 0 amide bonds. The number of para-hydroxylation sites is 1. The van der Waals surface area contributed by atoms with Crippen molar-refractivity contribution >= 4 is 75.8 Å². The Balaban J connectivity index is 1.29. The standard InChI is InChI=1S/C50H30O/c1-2-12-32-27-33(22-21-31(32)11-1)34-23-25-43-46(28-34)49(36-24-26-48-44(30-36)40-17-9-10-20-47(40)51-48)41-18-7-8-19-42(41)50(43)45-29-35-13-3-4-14-37(35)38-15-5-6-16-39(38)45/h1-30H. The largest absolute Gasteiger partial charge is 0.456 e. The van der Waals surface area contributed by atoms with E-state index in [1.807, 2.05) is 6.07 Å². The molecule has 1 heterocycles. The molecule has 11 rings (SSSR count). The Hall–Kier alpha value is -6.70. The number of hydrogen-bond acceptors (Lipinski definition) is 1. The Morgan fingerprint density at radius 3 is 1.65 bits per heavy atom. The fourth-order valence-electron chi connectivity index (χ4n) is 8.47. The van der Waals surface area contributed by atoms with E-state index in [2.05, 4.69) is 176 Å². The molecule has 0 aliphatic carbocycles. The summed E-state index contributed by atoms with van der Waals surface area (Å²) in [5, 5.41) is 14.8. The Labute approximate surface area is 294 Å². The molecule has 0 unspecified atom stereocenters. The quantitative estimate of drug-likeness (QED) is 0.138. The summed E-state index contributed by atoms with van der Waals surface area (Å²) in [6.45, 7) is 0. The van der Waals surface area contributed by atoms with Gasteiger partial charge in [0.1, 0.15) is 11.2 Å². The van der Waals surface area contributed by atoms with Crippen molar-refractivity contribution in [2.24, 2.45) is 0 Å². The van der Waals surface area contributed by atoms with Crippen molar-refractivity contribution < 1.29 is 4.42 Å². The zero-order valence-electron chi connectivity index (χ0n) is 27.7. The first-order valence-electron chi connectivity index (χ1n) is 17.6. The topological polar surface area (TPSA) is 13.1 Å². The van der Waals surface area contributed by atoms with Crippen LogP contribution >= 0.6 is 0 Å². The van der Waals surface area contributed by atoms with Crippen molar-refractivity contribution in [2.75, 3.05) is 0 Å². The SMILES string of the molecule is c1ccc2cc(-c3ccc4c(-c5cc6ccccc6c6ccccc56)c5ccccc5c(-c5ccc6oc7ccccc7c6c5)c4c3)ccc2c1. The molecule has 0 aliphatic rings. The number of rotatable bonds is 3. The van der Waals surface area contributed by atoms with Gasteiger partial charge in [-0.15, -0.1) is 0 Å². The van der Waals surface area contributed by atoms with Gasteiger partial charge in [0.25, 0.3) is 0 Å². The smallest absolute Gasteiger partial charge is 0.135 e. The number of furan rings is 1. The van der Waals surface area contributed by atoms with Gasteiger partial charge in [0.05, 0.1) is 0 Å². The molecule has 0 bridgehead atoms. The van der Waals surface area contributed by atoms with Gasteiger partial charge >= 0.3 is 0 Å². The van der Waals surface area contributed by atoms with E-state index in [1.54, 1.807) is 0 Å². The van der Waals surface area contributed by atoms with E-state index in [4.69, 9.17) is 4.42 Å². The predicted octanol–water partition coefficient (Wildman–Crippen LogP) is 14.4. The van der Waals surface area contributed by atoms with Crippen molar-refractivity contribution in [3.05, 3.63) is 182 Å². The minimum Gasteiger partial charge on any atom is -0.456 e. The molecule has 0 saturated carbocycles. The lowest BCUT2D eigenvalue weighted by Gasteiger charge is -2.20. The molecular formula is C50H30O. The maximum Gasteiger partial charge on any atom is 0.135 e. The van der Waals surface area contributed by atoms with E-state index in [1.165, 1.54) is 87.2 Å². The number of fused-ring (bicyclic) bond motifs is 9. The van der Waals surface area contributed by atoms with Crippen LogP contribution in [-0.4, -0.2) is 0 Å². The molecule has 0 spiro atoms. The summed E-state index contributed by atoms with van der Waals surface area (Å²) in [5.41, 5.74) is 9.18. The lowest BCUT2D eigenvalue weighted by atomic mass is 9.83. The summed E-state index contributed by atoms with van der Waals surface area (Å²) < 4.78 is 6.28. The molecule has 1 aromatic heterocycles. The van der Waals surface area contributed by atoms with Crippen LogP contribution < -0.4 is 0 Å². The summed E-state index contributed by atoms with van der Waals surface area (Å²) >= 11 is 0. The highest BCUT2D eigenvalue weighted by molar-refractivity contribution is 6.26. The van der Waals surface area contributed by atoms with Crippen LogP contribution in [0.2, 0.25) is 0 Å². The maximum atomic E-state index is 6.28. The zero-order valence-corrected chi connectivity index (χ0v) is 27.7. The first-order chi connectivity index (χ1) is 25.3. The highest BCUT2D eigenvalue weighted by Crippen LogP contribution is 2.48. The van der Waals surface area contributed by atoms with Gasteiger partial charge in [-0.3, -0.25) is 0 Å². The number of benzene rings is 10. The van der Waals surface area contributed by atoms with Gasteiger partial charge in [-0.1, -0.05) is 146 Å². The first-order valence-corrected chi connectivity index (χ1v) is 17.6. The highest BCUT2D eigenvalue weighted by atomic mass is 16.3. The van der Waals surface area contributed by atoms with Crippen molar-refractivity contribution in [2.45, 2.75) is 0 Å². The molecular weight excluding hydrogens is 617 g/mol. The second kappa shape index (κ2) is 10.9. The van der Waals surface area contributed by atoms with E-state index < -0.39 is 0 Å². The lowest BCUT2D eigenvalue weighted by molar-refractivity contribution is 0.669. The Bertz CT molecular complexity index is 3200. The molecule has 0 N–H and O–H groups in total. The maximum absolute atomic E-state index is 6.28. The van der Waals surface area contributed by atoms with Gasteiger partial charge in [0, 0.05) is 10.8 Å². The van der Waals surface area contributed by atoms with Crippen LogP contribution in [-0.2, 0) is 0 Å². The molecule has 236 valence electrons. The zero-order chi connectivity index (χ0) is 33.5. The molecule has 0 fully saturated rings. The molecule has 10 aromatic carbocycles. The van der Waals surface area contributed by atoms with Crippen molar-refractivity contribution in [1.82, 2.24) is 0 Å². The Morgan fingerprint density at radius 1 is 0.255 bits per heavy atom. The summed E-state index contributed by atoms with van der Waals surface area (Å²) in [4.78, 5) is 0. The molecule has 1 nitrogen and oxygen atoms in total. The minimum absolute atomic E-state index is 0.907. The van der Waals surface area contributed by atoms with Gasteiger partial charge in [0.2, 0.25) is 0 Å². The fourth-order valence-corrected chi connectivity index (χ4v) is 8.47. The number of hydrogen-bond donors (Lipinski definition) is 0. The van der Waals surface area contributed by atoms with E-state index >= 15 is 0 Å². The van der Waals surface area contributed by atoms with Crippen molar-refractivity contribution in [1.29, 1.82) is 0 Å². The third-order valence-corrected chi connectivity index (χ3v) is 10.8. The molecule has 0 atom stereocenters. The summed E-state index contributed by atoms with van der Waals surface area (Å²) in [7, 11) is 0. The van der Waals surface area contributed by atoms with Crippen molar-refractivity contribution in [3.8, 4) is 33.4 Å². The van der Waals surface area contributed by atoms with Gasteiger partial charge in [-0.2, -0.15) is 0 Å². The Morgan fingerprint density at radius 2 is 0.804 bits per heavy atom. The van der Waals surface area contributed by atoms with Gasteiger partial charge in [-0.05, 0) is 124 Å². The van der Waals surface area contributed by atoms with Crippen LogP contribution in [0.4, 0.5) is 0 Å².